The van der Waals surface area contributed by atoms with Gasteiger partial charge >= 0.3 is 0 Å². The first-order chi connectivity index (χ1) is 8.73. The van der Waals surface area contributed by atoms with Gasteiger partial charge in [-0.05, 0) is 37.1 Å². The minimum absolute atomic E-state index is 0.309. The van der Waals surface area contributed by atoms with Gasteiger partial charge in [-0.15, -0.1) is 0 Å². The van der Waals surface area contributed by atoms with Gasteiger partial charge in [-0.2, -0.15) is 0 Å². The van der Waals surface area contributed by atoms with Crippen LogP contribution in [-0.2, 0) is 10.3 Å². The number of rotatable bonds is 4. The van der Waals surface area contributed by atoms with Crippen LogP contribution in [0.3, 0.4) is 0 Å². The Morgan fingerprint density at radius 3 is 2.89 bits per heavy atom. The molecule has 3 nitrogen and oxygen atoms in total. The molecule has 0 unspecified atom stereocenters. The van der Waals surface area contributed by atoms with E-state index in [2.05, 4.69) is 5.32 Å². The molecule has 1 aliphatic rings. The smallest absolute Gasteiger partial charge is 0.157 e. The van der Waals surface area contributed by atoms with E-state index in [-0.39, 0.29) is 0 Å². The standard InChI is InChI=1S/C15H21NO2/c1-3-16-15(10-5-4-9-14(15)17)12-7-6-8-13(11-12)18-2/h6-8,11,16H,3-5,9-10H2,1-2H3/t15-/m0/s1. The second-order valence-electron chi connectivity index (χ2n) is 4.80. The highest BCUT2D eigenvalue weighted by molar-refractivity contribution is 5.90. The lowest BCUT2D eigenvalue weighted by molar-refractivity contribution is -0.128. The third kappa shape index (κ3) is 2.27. The van der Waals surface area contributed by atoms with E-state index in [1.54, 1.807) is 7.11 Å². The fourth-order valence-electron chi connectivity index (χ4n) is 2.81. The molecule has 1 atom stereocenters. The number of carbonyl (C=O) groups is 1. The molecule has 1 saturated carbocycles. The normalized spacial score (nSPS) is 24.0. The van der Waals surface area contributed by atoms with Crippen molar-refractivity contribution in [3.05, 3.63) is 29.8 Å². The predicted octanol–water partition coefficient (Wildman–Crippen LogP) is 2.64. The van der Waals surface area contributed by atoms with Crippen LogP contribution in [0.15, 0.2) is 24.3 Å². The van der Waals surface area contributed by atoms with Gasteiger partial charge in [-0.25, -0.2) is 0 Å². The Bertz CT molecular complexity index is 426. The highest BCUT2D eigenvalue weighted by Crippen LogP contribution is 2.35. The fraction of sp³-hybridized carbons (Fsp3) is 0.533. The molecule has 0 radical (unpaired) electrons. The van der Waals surface area contributed by atoms with E-state index in [1.807, 2.05) is 31.2 Å². The van der Waals surface area contributed by atoms with Gasteiger partial charge in [0.25, 0.3) is 0 Å². The lowest BCUT2D eigenvalue weighted by Crippen LogP contribution is -2.50. The van der Waals surface area contributed by atoms with Crippen molar-refractivity contribution in [1.82, 2.24) is 5.32 Å². The molecule has 3 heteroatoms. The minimum Gasteiger partial charge on any atom is -0.497 e. The molecule has 0 amide bonds. The summed E-state index contributed by atoms with van der Waals surface area (Å²) in [4.78, 5) is 12.4. The summed E-state index contributed by atoms with van der Waals surface area (Å²) in [5.74, 6) is 1.12. The SMILES string of the molecule is CCN[C@]1(c2cccc(OC)c2)CCCCC1=O. The van der Waals surface area contributed by atoms with Gasteiger partial charge in [0.1, 0.15) is 11.3 Å². The van der Waals surface area contributed by atoms with Crippen LogP contribution in [0.2, 0.25) is 0 Å². The molecule has 0 bridgehead atoms. The third-order valence-electron chi connectivity index (χ3n) is 3.72. The maximum atomic E-state index is 12.4. The zero-order valence-corrected chi connectivity index (χ0v) is 11.2. The lowest BCUT2D eigenvalue weighted by atomic mass is 9.75. The van der Waals surface area contributed by atoms with E-state index in [1.165, 1.54) is 0 Å². The second kappa shape index (κ2) is 5.53. The summed E-state index contributed by atoms with van der Waals surface area (Å²) in [5.41, 5.74) is 0.537. The number of hydrogen-bond acceptors (Lipinski definition) is 3. The summed E-state index contributed by atoms with van der Waals surface area (Å²) >= 11 is 0. The monoisotopic (exact) mass is 247 g/mol. The van der Waals surface area contributed by atoms with Gasteiger partial charge in [0, 0.05) is 6.42 Å². The molecule has 0 saturated heterocycles. The summed E-state index contributed by atoms with van der Waals surface area (Å²) < 4.78 is 5.26. The maximum absolute atomic E-state index is 12.4. The topological polar surface area (TPSA) is 38.3 Å². The molecule has 0 aromatic heterocycles. The van der Waals surface area contributed by atoms with Crippen molar-refractivity contribution < 1.29 is 9.53 Å². The zero-order valence-electron chi connectivity index (χ0n) is 11.2. The van der Waals surface area contributed by atoms with Crippen molar-refractivity contribution in [3.63, 3.8) is 0 Å². The van der Waals surface area contributed by atoms with Gasteiger partial charge in [0.15, 0.2) is 5.78 Å². The van der Waals surface area contributed by atoms with E-state index < -0.39 is 5.54 Å². The Hall–Kier alpha value is -1.35. The average Bonchev–Trinajstić information content (AvgIpc) is 2.42. The van der Waals surface area contributed by atoms with Crippen LogP contribution in [-0.4, -0.2) is 19.4 Å². The number of hydrogen-bond donors (Lipinski definition) is 1. The summed E-state index contributed by atoms with van der Waals surface area (Å²) in [5, 5.41) is 3.41. The first kappa shape index (κ1) is 13.1. The minimum atomic E-state index is -0.498. The molecule has 0 spiro atoms. The Balaban J connectivity index is 2.41. The van der Waals surface area contributed by atoms with Gasteiger partial charge < -0.3 is 10.1 Å². The van der Waals surface area contributed by atoms with E-state index in [4.69, 9.17) is 4.74 Å². The first-order valence-corrected chi connectivity index (χ1v) is 6.66. The van der Waals surface area contributed by atoms with Crippen LogP contribution in [0.1, 0.15) is 38.2 Å². The Morgan fingerprint density at radius 2 is 2.22 bits per heavy atom. The van der Waals surface area contributed by atoms with Gasteiger partial charge in [-0.1, -0.05) is 25.5 Å². The number of Topliss-reactive ketones (excluding diaryl/α,β-unsaturated/α-hetero) is 1. The van der Waals surface area contributed by atoms with Crippen LogP contribution >= 0.6 is 0 Å². The molecule has 0 heterocycles. The predicted molar refractivity (Wildman–Crippen MR) is 71.8 cm³/mol. The molecule has 1 aromatic rings. The molecule has 1 N–H and O–H groups in total. The number of nitrogens with one attached hydrogen (secondary N) is 1. The van der Waals surface area contributed by atoms with E-state index in [9.17, 15) is 4.79 Å². The van der Waals surface area contributed by atoms with Gasteiger partial charge in [0.05, 0.1) is 7.11 Å². The van der Waals surface area contributed by atoms with Crippen LogP contribution in [0.4, 0.5) is 0 Å². The first-order valence-electron chi connectivity index (χ1n) is 6.66. The van der Waals surface area contributed by atoms with Crippen molar-refractivity contribution in [1.29, 1.82) is 0 Å². The number of methoxy groups -OCH3 is 1. The molecule has 0 aliphatic heterocycles. The molecule has 18 heavy (non-hydrogen) atoms. The Kier molecular flexibility index (Phi) is 4.02. The number of ether oxygens (including phenoxy) is 1. The van der Waals surface area contributed by atoms with E-state index >= 15 is 0 Å². The number of carbonyl (C=O) groups excluding carboxylic acids is 1. The number of ketones is 1. The maximum Gasteiger partial charge on any atom is 0.157 e. The van der Waals surface area contributed by atoms with Gasteiger partial charge in [0.2, 0.25) is 0 Å². The molecule has 1 aliphatic carbocycles. The second-order valence-corrected chi connectivity index (χ2v) is 4.80. The highest BCUT2D eigenvalue weighted by Gasteiger charge is 2.40. The van der Waals surface area contributed by atoms with E-state index in [0.29, 0.717) is 12.2 Å². The third-order valence-corrected chi connectivity index (χ3v) is 3.72. The van der Waals surface area contributed by atoms with Crippen molar-refractivity contribution in [3.8, 4) is 5.75 Å². The number of likely N-dealkylation sites (N-methyl/N-ethyl adjacent to an activating group) is 1. The lowest BCUT2D eigenvalue weighted by Gasteiger charge is -2.37. The molecular formula is C15H21NO2. The molecule has 1 fully saturated rings. The van der Waals surface area contributed by atoms with Crippen molar-refractivity contribution >= 4 is 5.78 Å². The Labute approximate surface area is 109 Å². The van der Waals surface area contributed by atoms with Gasteiger partial charge in [-0.3, -0.25) is 4.79 Å². The largest absolute Gasteiger partial charge is 0.497 e. The summed E-state index contributed by atoms with van der Waals surface area (Å²) in [6.45, 7) is 2.84. The van der Waals surface area contributed by atoms with Crippen molar-refractivity contribution in [2.75, 3.05) is 13.7 Å². The van der Waals surface area contributed by atoms with Crippen LogP contribution in [0, 0.1) is 0 Å². The number of benzene rings is 1. The summed E-state index contributed by atoms with van der Waals surface area (Å²) in [6, 6.07) is 7.87. The fourth-order valence-corrected chi connectivity index (χ4v) is 2.81. The van der Waals surface area contributed by atoms with Crippen LogP contribution < -0.4 is 10.1 Å². The molecular weight excluding hydrogens is 226 g/mol. The quantitative estimate of drug-likeness (QED) is 0.889. The molecule has 1 aromatic carbocycles. The highest BCUT2D eigenvalue weighted by atomic mass is 16.5. The zero-order chi connectivity index (χ0) is 13.0. The van der Waals surface area contributed by atoms with Crippen LogP contribution in [0.25, 0.3) is 0 Å². The average molecular weight is 247 g/mol. The van der Waals surface area contributed by atoms with Crippen molar-refractivity contribution in [2.24, 2.45) is 0 Å². The van der Waals surface area contributed by atoms with Crippen molar-refractivity contribution in [2.45, 2.75) is 38.1 Å². The van der Waals surface area contributed by atoms with Crippen LogP contribution in [0.5, 0.6) is 5.75 Å². The summed E-state index contributed by atoms with van der Waals surface area (Å²) in [7, 11) is 1.65. The molecule has 2 rings (SSSR count). The molecule has 98 valence electrons. The van der Waals surface area contributed by atoms with E-state index in [0.717, 1.165) is 37.1 Å². The Morgan fingerprint density at radius 1 is 1.39 bits per heavy atom. The summed E-state index contributed by atoms with van der Waals surface area (Å²) in [6.07, 6.45) is 3.66.